The Morgan fingerprint density at radius 3 is 2.76 bits per heavy atom. The summed E-state index contributed by atoms with van der Waals surface area (Å²) in [5, 5.41) is 14.5. The average Bonchev–Trinajstić information content (AvgIpc) is 3.02. The van der Waals surface area contributed by atoms with Crippen molar-refractivity contribution < 1.29 is 5.11 Å². The molecule has 2 aromatic rings. The van der Waals surface area contributed by atoms with Crippen LogP contribution in [0.5, 0.6) is 0 Å². The molecule has 21 heavy (non-hydrogen) atoms. The molecular weight excluding hydrogens is 264 g/mol. The van der Waals surface area contributed by atoms with Crippen LogP contribution in [0.2, 0.25) is 0 Å². The highest BCUT2D eigenvalue weighted by molar-refractivity contribution is 5.41. The molecule has 112 valence electrons. The maximum Gasteiger partial charge on any atom is 0.148 e. The summed E-state index contributed by atoms with van der Waals surface area (Å²) in [6.45, 7) is 4.04. The van der Waals surface area contributed by atoms with Crippen LogP contribution in [0.25, 0.3) is 5.69 Å². The van der Waals surface area contributed by atoms with Gasteiger partial charge in [-0.1, -0.05) is 25.1 Å². The van der Waals surface area contributed by atoms with E-state index in [4.69, 9.17) is 5.73 Å². The maximum atomic E-state index is 9.92. The second kappa shape index (κ2) is 5.58. The van der Waals surface area contributed by atoms with E-state index in [1.165, 1.54) is 5.56 Å². The number of aliphatic hydroxyl groups is 1. The summed E-state index contributed by atoms with van der Waals surface area (Å²) >= 11 is 0. The molecule has 5 nitrogen and oxygen atoms in total. The Hall–Kier alpha value is -1.72. The molecule has 1 aliphatic carbocycles. The molecular formula is C16H22N4O. The third-order valence-electron chi connectivity index (χ3n) is 4.28. The normalized spacial score (nSPS) is 25.4. The van der Waals surface area contributed by atoms with E-state index in [0.717, 1.165) is 30.2 Å². The Kier molecular flexibility index (Phi) is 3.78. The van der Waals surface area contributed by atoms with Crippen molar-refractivity contribution in [2.75, 3.05) is 0 Å². The molecule has 1 fully saturated rings. The van der Waals surface area contributed by atoms with E-state index in [9.17, 15) is 5.11 Å². The zero-order valence-corrected chi connectivity index (χ0v) is 12.5. The van der Waals surface area contributed by atoms with Gasteiger partial charge in [-0.3, -0.25) is 0 Å². The molecule has 3 N–H and O–H groups in total. The molecule has 5 heteroatoms. The Labute approximate surface area is 124 Å². The van der Waals surface area contributed by atoms with Gasteiger partial charge in [0.2, 0.25) is 0 Å². The minimum atomic E-state index is -0.443. The molecule has 1 saturated carbocycles. The quantitative estimate of drug-likeness (QED) is 0.900. The summed E-state index contributed by atoms with van der Waals surface area (Å²) in [4.78, 5) is 4.60. The van der Waals surface area contributed by atoms with Gasteiger partial charge >= 0.3 is 0 Å². The first-order chi connectivity index (χ1) is 10.1. The van der Waals surface area contributed by atoms with Crippen molar-refractivity contribution in [2.24, 2.45) is 5.73 Å². The number of aromatic nitrogens is 3. The van der Waals surface area contributed by atoms with Crippen LogP contribution in [-0.2, 0) is 6.42 Å². The monoisotopic (exact) mass is 286 g/mol. The van der Waals surface area contributed by atoms with Crippen LogP contribution >= 0.6 is 0 Å². The smallest absolute Gasteiger partial charge is 0.148 e. The van der Waals surface area contributed by atoms with Crippen LogP contribution in [0.3, 0.4) is 0 Å². The SMILES string of the molecule is CCc1ccccc1-n1nc(C)nc1[C@H]1C[C@@H](N)[C@H](O)C1. The Bertz CT molecular complexity index is 627. The average molecular weight is 286 g/mol. The topological polar surface area (TPSA) is 77.0 Å². The van der Waals surface area contributed by atoms with E-state index in [1.807, 2.05) is 23.7 Å². The molecule has 1 aromatic carbocycles. The Morgan fingerprint density at radius 2 is 2.10 bits per heavy atom. The van der Waals surface area contributed by atoms with Gasteiger partial charge in [-0.2, -0.15) is 5.10 Å². The van der Waals surface area contributed by atoms with Crippen LogP contribution in [0, 0.1) is 6.92 Å². The number of hydrogen-bond donors (Lipinski definition) is 2. The first-order valence-electron chi connectivity index (χ1n) is 7.55. The van der Waals surface area contributed by atoms with Crippen molar-refractivity contribution >= 4 is 0 Å². The zero-order valence-electron chi connectivity index (χ0n) is 12.5. The molecule has 0 aliphatic heterocycles. The fraction of sp³-hybridized carbons (Fsp3) is 0.500. The summed E-state index contributed by atoms with van der Waals surface area (Å²) in [6, 6.07) is 8.08. The van der Waals surface area contributed by atoms with E-state index >= 15 is 0 Å². The highest BCUT2D eigenvalue weighted by Gasteiger charge is 2.34. The highest BCUT2D eigenvalue weighted by Crippen LogP contribution is 2.34. The van der Waals surface area contributed by atoms with Crippen molar-refractivity contribution in [3.05, 3.63) is 41.5 Å². The Morgan fingerprint density at radius 1 is 1.33 bits per heavy atom. The number of benzene rings is 1. The molecule has 0 saturated heterocycles. The van der Waals surface area contributed by atoms with Crippen LogP contribution < -0.4 is 5.73 Å². The summed E-state index contributed by atoms with van der Waals surface area (Å²) in [6.07, 6.45) is 1.92. The lowest BCUT2D eigenvalue weighted by Gasteiger charge is -2.13. The number of hydrogen-bond acceptors (Lipinski definition) is 4. The fourth-order valence-electron chi connectivity index (χ4n) is 3.15. The zero-order chi connectivity index (χ0) is 15.0. The van der Waals surface area contributed by atoms with E-state index in [1.54, 1.807) is 0 Å². The van der Waals surface area contributed by atoms with Gasteiger partial charge in [-0.05, 0) is 37.8 Å². The predicted octanol–water partition coefficient (Wildman–Crippen LogP) is 1.70. The second-order valence-electron chi connectivity index (χ2n) is 5.81. The Balaban J connectivity index is 2.04. The van der Waals surface area contributed by atoms with Gasteiger partial charge in [-0.25, -0.2) is 9.67 Å². The third-order valence-corrected chi connectivity index (χ3v) is 4.28. The minimum Gasteiger partial charge on any atom is -0.391 e. The van der Waals surface area contributed by atoms with Gasteiger partial charge in [0.25, 0.3) is 0 Å². The standard InChI is InChI=1S/C16H22N4O/c1-3-11-6-4-5-7-14(11)20-16(18-10(2)19-20)12-8-13(17)15(21)9-12/h4-7,12-13,15,21H,3,8-9,17H2,1-2H3/t12-,13+,15+/m0/s1. The van der Waals surface area contributed by atoms with Crippen molar-refractivity contribution in [2.45, 2.75) is 51.2 Å². The molecule has 1 heterocycles. The van der Waals surface area contributed by atoms with E-state index in [2.05, 4.69) is 29.1 Å². The van der Waals surface area contributed by atoms with Crippen LogP contribution in [0.4, 0.5) is 0 Å². The lowest BCUT2D eigenvalue weighted by molar-refractivity contribution is 0.163. The number of aryl methyl sites for hydroxylation is 2. The van der Waals surface area contributed by atoms with E-state index < -0.39 is 6.10 Å². The maximum absolute atomic E-state index is 9.92. The number of aliphatic hydroxyl groups excluding tert-OH is 1. The summed E-state index contributed by atoms with van der Waals surface area (Å²) < 4.78 is 1.93. The first kappa shape index (κ1) is 14.2. The fourth-order valence-corrected chi connectivity index (χ4v) is 3.15. The molecule has 0 radical (unpaired) electrons. The number of para-hydroxylation sites is 1. The van der Waals surface area contributed by atoms with Gasteiger partial charge in [0.1, 0.15) is 11.6 Å². The molecule has 3 atom stereocenters. The van der Waals surface area contributed by atoms with E-state index in [0.29, 0.717) is 6.42 Å². The van der Waals surface area contributed by atoms with E-state index in [-0.39, 0.29) is 12.0 Å². The molecule has 1 aliphatic rings. The molecule has 0 bridgehead atoms. The summed E-state index contributed by atoms with van der Waals surface area (Å²) in [7, 11) is 0. The van der Waals surface area contributed by atoms with Crippen molar-refractivity contribution in [1.82, 2.24) is 14.8 Å². The van der Waals surface area contributed by atoms with Crippen LogP contribution in [-0.4, -0.2) is 32.0 Å². The van der Waals surface area contributed by atoms with Crippen molar-refractivity contribution in [3.63, 3.8) is 0 Å². The second-order valence-corrected chi connectivity index (χ2v) is 5.81. The summed E-state index contributed by atoms with van der Waals surface area (Å²) in [5.74, 6) is 1.84. The largest absolute Gasteiger partial charge is 0.391 e. The lowest BCUT2D eigenvalue weighted by atomic mass is 10.1. The molecule has 0 spiro atoms. The number of rotatable bonds is 3. The van der Waals surface area contributed by atoms with Crippen molar-refractivity contribution in [1.29, 1.82) is 0 Å². The molecule has 0 unspecified atom stereocenters. The molecule has 0 amide bonds. The van der Waals surface area contributed by atoms with Gasteiger partial charge < -0.3 is 10.8 Å². The van der Waals surface area contributed by atoms with Crippen LogP contribution in [0.1, 0.15) is 42.9 Å². The van der Waals surface area contributed by atoms with Crippen molar-refractivity contribution in [3.8, 4) is 5.69 Å². The molecule has 3 rings (SSSR count). The first-order valence-corrected chi connectivity index (χ1v) is 7.55. The van der Waals surface area contributed by atoms with Crippen LogP contribution in [0.15, 0.2) is 24.3 Å². The predicted molar refractivity (Wildman–Crippen MR) is 81.4 cm³/mol. The third kappa shape index (κ3) is 2.59. The van der Waals surface area contributed by atoms with Gasteiger partial charge in [0.05, 0.1) is 11.8 Å². The minimum absolute atomic E-state index is 0.165. The molecule has 1 aromatic heterocycles. The highest BCUT2D eigenvalue weighted by atomic mass is 16.3. The van der Waals surface area contributed by atoms with Gasteiger partial charge in [-0.15, -0.1) is 0 Å². The number of nitrogens with two attached hydrogens (primary N) is 1. The summed E-state index contributed by atoms with van der Waals surface area (Å²) in [5.41, 5.74) is 8.27. The lowest BCUT2D eigenvalue weighted by Crippen LogP contribution is -2.28. The van der Waals surface area contributed by atoms with Gasteiger partial charge in [0.15, 0.2) is 0 Å². The van der Waals surface area contributed by atoms with Gasteiger partial charge in [0, 0.05) is 12.0 Å². The number of nitrogens with zero attached hydrogens (tertiary/aromatic N) is 3.